The van der Waals surface area contributed by atoms with Gasteiger partial charge in [-0.3, -0.25) is 4.98 Å². The Morgan fingerprint density at radius 3 is 2.74 bits per heavy atom. The van der Waals surface area contributed by atoms with Gasteiger partial charge in [-0.15, -0.1) is 4.51 Å². The Balaban J connectivity index is 2.59. The SMILES string of the molecule is NC(=NCl)Nc1cncc2cc(S(N)(=O)=O)ccc12. The third-order valence-corrected chi connectivity index (χ3v) is 3.51. The molecule has 0 fully saturated rings. The summed E-state index contributed by atoms with van der Waals surface area (Å²) in [5.74, 6) is 0.00601. The van der Waals surface area contributed by atoms with Crippen LogP contribution < -0.4 is 16.2 Å². The summed E-state index contributed by atoms with van der Waals surface area (Å²) in [4.78, 5) is 3.98. The van der Waals surface area contributed by atoms with Gasteiger partial charge in [-0.05, 0) is 12.1 Å². The molecular formula is C10H10ClN5O2S. The number of aromatic nitrogens is 1. The van der Waals surface area contributed by atoms with E-state index in [2.05, 4.69) is 14.8 Å². The number of hydrogen-bond acceptors (Lipinski definition) is 4. The number of fused-ring (bicyclic) bond motifs is 1. The van der Waals surface area contributed by atoms with Gasteiger partial charge in [-0.2, -0.15) is 0 Å². The predicted molar refractivity (Wildman–Crippen MR) is 74.2 cm³/mol. The van der Waals surface area contributed by atoms with Crippen LogP contribution in [0.1, 0.15) is 0 Å². The molecule has 2 aromatic rings. The van der Waals surface area contributed by atoms with E-state index in [9.17, 15) is 8.42 Å². The summed E-state index contributed by atoms with van der Waals surface area (Å²) in [6, 6.07) is 4.42. The number of anilines is 1. The van der Waals surface area contributed by atoms with E-state index in [-0.39, 0.29) is 10.9 Å². The molecule has 7 nitrogen and oxygen atoms in total. The quantitative estimate of drug-likeness (QED) is 0.558. The van der Waals surface area contributed by atoms with Crippen molar-refractivity contribution in [2.24, 2.45) is 15.4 Å². The summed E-state index contributed by atoms with van der Waals surface area (Å²) in [5.41, 5.74) is 6.01. The lowest BCUT2D eigenvalue weighted by Gasteiger charge is -2.08. The van der Waals surface area contributed by atoms with Crippen LogP contribution >= 0.6 is 11.8 Å². The Morgan fingerprint density at radius 1 is 1.37 bits per heavy atom. The number of pyridine rings is 1. The molecule has 1 aromatic heterocycles. The normalized spacial score (nSPS) is 12.6. The third-order valence-electron chi connectivity index (χ3n) is 2.41. The van der Waals surface area contributed by atoms with Gasteiger partial charge < -0.3 is 11.1 Å². The molecule has 0 aliphatic rings. The maximum atomic E-state index is 11.3. The Hall–Kier alpha value is -1.90. The fraction of sp³-hybridized carbons (Fsp3) is 0. The number of nitrogens with one attached hydrogen (secondary N) is 1. The second kappa shape index (κ2) is 5.00. The van der Waals surface area contributed by atoms with Crippen molar-refractivity contribution in [1.82, 2.24) is 4.98 Å². The molecule has 0 aliphatic heterocycles. The van der Waals surface area contributed by atoms with Crippen LogP contribution in [0.25, 0.3) is 10.8 Å². The molecule has 0 saturated carbocycles. The largest absolute Gasteiger partial charge is 0.369 e. The molecule has 0 saturated heterocycles. The van der Waals surface area contributed by atoms with E-state index in [0.29, 0.717) is 16.5 Å². The molecule has 0 bridgehead atoms. The fourth-order valence-corrected chi connectivity index (χ4v) is 2.18. The molecule has 100 valence electrons. The summed E-state index contributed by atoms with van der Waals surface area (Å²) in [7, 11) is -3.75. The van der Waals surface area contributed by atoms with Crippen molar-refractivity contribution >= 4 is 44.2 Å². The first-order valence-corrected chi connectivity index (χ1v) is 6.92. The Bertz CT molecular complexity index is 760. The number of hydrogen-bond donors (Lipinski definition) is 3. The van der Waals surface area contributed by atoms with E-state index < -0.39 is 10.0 Å². The third kappa shape index (κ3) is 2.92. The monoisotopic (exact) mass is 299 g/mol. The molecule has 0 radical (unpaired) electrons. The number of benzene rings is 1. The van der Waals surface area contributed by atoms with E-state index in [1.165, 1.54) is 24.5 Å². The lowest BCUT2D eigenvalue weighted by Crippen LogP contribution is -2.21. The van der Waals surface area contributed by atoms with Gasteiger partial charge in [0, 0.05) is 28.7 Å². The zero-order valence-corrected chi connectivity index (χ0v) is 11.1. The van der Waals surface area contributed by atoms with Crippen molar-refractivity contribution in [2.75, 3.05) is 5.32 Å². The van der Waals surface area contributed by atoms with Crippen molar-refractivity contribution < 1.29 is 8.42 Å². The number of halogens is 1. The van der Waals surface area contributed by atoms with E-state index in [1.807, 2.05) is 0 Å². The van der Waals surface area contributed by atoms with Gasteiger partial charge in [-0.1, -0.05) is 6.07 Å². The van der Waals surface area contributed by atoms with E-state index in [4.69, 9.17) is 22.6 Å². The lowest BCUT2D eigenvalue weighted by molar-refractivity contribution is 0.598. The smallest absolute Gasteiger partial charge is 0.238 e. The van der Waals surface area contributed by atoms with Crippen LogP contribution in [0.2, 0.25) is 0 Å². The standard InChI is InChI=1S/C10H10ClN5O2S/c11-16-10(12)15-9-5-14-4-6-3-7(19(13,17)18)1-2-8(6)9/h1-5H,(H3,12,15,16)(H2,13,17,18). The van der Waals surface area contributed by atoms with E-state index in [1.54, 1.807) is 6.07 Å². The molecular weight excluding hydrogens is 290 g/mol. The van der Waals surface area contributed by atoms with Crippen molar-refractivity contribution in [3.63, 3.8) is 0 Å². The zero-order chi connectivity index (χ0) is 14.0. The molecule has 0 amide bonds. The van der Waals surface area contributed by atoms with Gasteiger partial charge in [-0.25, -0.2) is 13.6 Å². The number of sulfonamides is 1. The first kappa shape index (κ1) is 13.5. The maximum absolute atomic E-state index is 11.3. The Morgan fingerprint density at radius 2 is 2.11 bits per heavy atom. The first-order chi connectivity index (χ1) is 8.91. The fourth-order valence-electron chi connectivity index (χ4n) is 1.59. The molecule has 1 aromatic carbocycles. The zero-order valence-electron chi connectivity index (χ0n) is 9.54. The number of rotatable bonds is 2. The minimum Gasteiger partial charge on any atom is -0.369 e. The highest BCUT2D eigenvalue weighted by molar-refractivity contribution is 7.89. The highest BCUT2D eigenvalue weighted by Gasteiger charge is 2.10. The van der Waals surface area contributed by atoms with Crippen LogP contribution in [0.3, 0.4) is 0 Å². The van der Waals surface area contributed by atoms with Crippen LogP contribution in [0.15, 0.2) is 40.0 Å². The second-order valence-corrected chi connectivity index (χ2v) is 5.44. The molecule has 9 heteroatoms. The number of guanidine groups is 1. The summed E-state index contributed by atoms with van der Waals surface area (Å²) >= 11 is 5.22. The van der Waals surface area contributed by atoms with Crippen LogP contribution in [-0.4, -0.2) is 19.4 Å². The molecule has 0 atom stereocenters. The average Bonchev–Trinajstić information content (AvgIpc) is 2.37. The molecule has 0 aliphatic carbocycles. The molecule has 2 rings (SSSR count). The molecule has 19 heavy (non-hydrogen) atoms. The van der Waals surface area contributed by atoms with Crippen LogP contribution in [0.4, 0.5) is 5.69 Å². The average molecular weight is 300 g/mol. The van der Waals surface area contributed by atoms with Crippen LogP contribution in [-0.2, 0) is 10.0 Å². The highest BCUT2D eigenvalue weighted by Crippen LogP contribution is 2.24. The Labute approximate surface area is 114 Å². The van der Waals surface area contributed by atoms with Gasteiger partial charge >= 0.3 is 0 Å². The lowest BCUT2D eigenvalue weighted by atomic mass is 10.1. The summed E-state index contributed by atoms with van der Waals surface area (Å²) in [6.45, 7) is 0. The van der Waals surface area contributed by atoms with Crippen molar-refractivity contribution in [2.45, 2.75) is 4.90 Å². The van der Waals surface area contributed by atoms with Gasteiger partial charge in [0.1, 0.15) is 0 Å². The highest BCUT2D eigenvalue weighted by atomic mass is 35.5. The van der Waals surface area contributed by atoms with Gasteiger partial charge in [0.2, 0.25) is 16.0 Å². The first-order valence-electron chi connectivity index (χ1n) is 5.04. The van der Waals surface area contributed by atoms with Crippen molar-refractivity contribution in [3.05, 3.63) is 30.6 Å². The van der Waals surface area contributed by atoms with Gasteiger partial charge in [0.15, 0.2) is 0 Å². The van der Waals surface area contributed by atoms with E-state index in [0.717, 1.165) is 0 Å². The summed E-state index contributed by atoms with van der Waals surface area (Å²) < 4.78 is 25.8. The molecule has 0 unspecified atom stereocenters. The number of primary sulfonamides is 1. The van der Waals surface area contributed by atoms with Crippen LogP contribution in [0, 0.1) is 0 Å². The predicted octanol–water partition coefficient (Wildman–Crippen LogP) is 0.763. The van der Waals surface area contributed by atoms with Gasteiger partial charge in [0.25, 0.3) is 0 Å². The Kier molecular flexibility index (Phi) is 3.56. The molecule has 0 spiro atoms. The van der Waals surface area contributed by atoms with Crippen LogP contribution in [0.5, 0.6) is 0 Å². The summed E-state index contributed by atoms with van der Waals surface area (Å²) in [6.07, 6.45) is 3.04. The molecule has 1 heterocycles. The van der Waals surface area contributed by atoms with Crippen molar-refractivity contribution in [1.29, 1.82) is 0 Å². The summed E-state index contributed by atoms with van der Waals surface area (Å²) in [5, 5.41) is 9.12. The minimum atomic E-state index is -3.75. The number of nitrogens with two attached hydrogens (primary N) is 2. The second-order valence-electron chi connectivity index (χ2n) is 3.71. The van der Waals surface area contributed by atoms with E-state index >= 15 is 0 Å². The number of nitrogens with zero attached hydrogens (tertiary/aromatic N) is 2. The topological polar surface area (TPSA) is 123 Å². The van der Waals surface area contributed by atoms with Gasteiger partial charge in [0.05, 0.1) is 16.8 Å². The molecule has 5 N–H and O–H groups in total. The maximum Gasteiger partial charge on any atom is 0.238 e. The van der Waals surface area contributed by atoms with Crippen molar-refractivity contribution in [3.8, 4) is 0 Å². The minimum absolute atomic E-state index is 0.00601.